The highest BCUT2D eigenvalue weighted by Crippen LogP contribution is 2.29. The monoisotopic (exact) mass is 289 g/mol. The molecule has 0 aliphatic heterocycles. The third kappa shape index (κ3) is 3.50. The van der Waals surface area contributed by atoms with E-state index in [1.807, 2.05) is 25.4 Å². The molecule has 0 amide bonds. The van der Waals surface area contributed by atoms with Gasteiger partial charge in [0, 0.05) is 30.4 Å². The van der Waals surface area contributed by atoms with E-state index in [2.05, 4.69) is 31.2 Å². The Labute approximate surface area is 126 Å². The van der Waals surface area contributed by atoms with Crippen LogP contribution < -0.4 is 5.32 Å². The molecule has 1 aromatic carbocycles. The highest BCUT2D eigenvalue weighted by molar-refractivity contribution is 5.67. The first kappa shape index (κ1) is 15.7. The molecule has 4 heteroatoms. The van der Waals surface area contributed by atoms with Crippen LogP contribution in [0, 0.1) is 5.82 Å². The van der Waals surface area contributed by atoms with Crippen molar-refractivity contribution in [3.8, 4) is 11.1 Å². The molecule has 0 aliphatic carbocycles. The summed E-state index contributed by atoms with van der Waals surface area (Å²) in [5.74, 6) is -0.187. The van der Waals surface area contributed by atoms with Crippen LogP contribution in [-0.2, 0) is 13.5 Å². The van der Waals surface area contributed by atoms with Crippen LogP contribution in [0.5, 0.6) is 0 Å². The van der Waals surface area contributed by atoms with Crippen LogP contribution in [0.2, 0.25) is 0 Å². The van der Waals surface area contributed by atoms with Crippen molar-refractivity contribution in [1.29, 1.82) is 0 Å². The summed E-state index contributed by atoms with van der Waals surface area (Å²) in [7, 11) is 1.88. The maximum absolute atomic E-state index is 14.3. The Morgan fingerprint density at radius 2 is 2.05 bits per heavy atom. The van der Waals surface area contributed by atoms with E-state index in [1.54, 1.807) is 10.7 Å². The number of hydrogen-bond acceptors (Lipinski definition) is 2. The van der Waals surface area contributed by atoms with Crippen LogP contribution >= 0.6 is 0 Å². The van der Waals surface area contributed by atoms with Crippen LogP contribution in [0.4, 0.5) is 4.39 Å². The second-order valence-corrected chi connectivity index (χ2v) is 5.43. The molecule has 0 fully saturated rings. The zero-order chi connectivity index (χ0) is 15.4. The van der Waals surface area contributed by atoms with Gasteiger partial charge in [0.2, 0.25) is 0 Å². The number of nitrogens with one attached hydrogen (secondary N) is 1. The Balaban J connectivity index is 2.45. The number of halogens is 1. The van der Waals surface area contributed by atoms with Crippen molar-refractivity contribution < 1.29 is 4.39 Å². The second-order valence-electron chi connectivity index (χ2n) is 5.43. The van der Waals surface area contributed by atoms with Gasteiger partial charge in [-0.15, -0.1) is 0 Å². The number of nitrogens with zero attached hydrogens (tertiary/aromatic N) is 2. The van der Waals surface area contributed by atoms with Crippen molar-refractivity contribution in [2.45, 2.75) is 39.7 Å². The number of benzene rings is 1. The second kappa shape index (κ2) is 6.85. The quantitative estimate of drug-likeness (QED) is 0.875. The largest absolute Gasteiger partial charge is 0.310 e. The van der Waals surface area contributed by atoms with Gasteiger partial charge in [-0.25, -0.2) is 4.39 Å². The van der Waals surface area contributed by atoms with Crippen molar-refractivity contribution in [1.82, 2.24) is 15.1 Å². The van der Waals surface area contributed by atoms with Crippen LogP contribution in [0.1, 0.15) is 44.5 Å². The topological polar surface area (TPSA) is 29.9 Å². The van der Waals surface area contributed by atoms with Crippen molar-refractivity contribution in [3.63, 3.8) is 0 Å². The van der Waals surface area contributed by atoms with Gasteiger partial charge in [0.25, 0.3) is 0 Å². The van der Waals surface area contributed by atoms with Crippen LogP contribution in [0.15, 0.2) is 24.4 Å². The zero-order valence-corrected chi connectivity index (χ0v) is 13.3. The van der Waals surface area contributed by atoms with Gasteiger partial charge in [0.1, 0.15) is 5.82 Å². The maximum Gasteiger partial charge on any atom is 0.131 e. The number of aromatic nitrogens is 2. The molecular weight excluding hydrogens is 265 g/mol. The number of aryl methyl sites for hydroxylation is 2. The highest BCUT2D eigenvalue weighted by atomic mass is 19.1. The van der Waals surface area contributed by atoms with Crippen molar-refractivity contribution in [2.75, 3.05) is 6.54 Å². The first-order valence-corrected chi connectivity index (χ1v) is 7.62. The molecule has 1 heterocycles. The van der Waals surface area contributed by atoms with Gasteiger partial charge < -0.3 is 5.32 Å². The molecule has 2 rings (SSSR count). The van der Waals surface area contributed by atoms with Gasteiger partial charge in [0.05, 0.1) is 5.69 Å². The molecule has 0 bridgehead atoms. The van der Waals surface area contributed by atoms with E-state index in [-0.39, 0.29) is 11.9 Å². The Morgan fingerprint density at radius 1 is 1.29 bits per heavy atom. The van der Waals surface area contributed by atoms with Gasteiger partial charge >= 0.3 is 0 Å². The summed E-state index contributed by atoms with van der Waals surface area (Å²) in [6.45, 7) is 7.17. The summed E-state index contributed by atoms with van der Waals surface area (Å²) in [4.78, 5) is 0. The summed E-state index contributed by atoms with van der Waals surface area (Å²) in [6.07, 6.45) is 3.77. The van der Waals surface area contributed by atoms with Crippen molar-refractivity contribution in [2.24, 2.45) is 7.05 Å². The smallest absolute Gasteiger partial charge is 0.131 e. The Kier molecular flexibility index (Phi) is 5.12. The molecule has 1 aromatic heterocycles. The first-order chi connectivity index (χ1) is 10.1. The molecule has 3 nitrogen and oxygen atoms in total. The summed E-state index contributed by atoms with van der Waals surface area (Å²) in [6, 6.07) is 5.56. The van der Waals surface area contributed by atoms with E-state index in [4.69, 9.17) is 0 Å². The Hall–Kier alpha value is -1.68. The summed E-state index contributed by atoms with van der Waals surface area (Å²) in [5, 5.41) is 7.82. The number of hydrogen-bond donors (Lipinski definition) is 1. The fourth-order valence-electron chi connectivity index (χ4n) is 2.62. The lowest BCUT2D eigenvalue weighted by Crippen LogP contribution is -2.17. The van der Waals surface area contributed by atoms with Crippen LogP contribution in [0.3, 0.4) is 0 Å². The standard InChI is InChI=1S/C17H24FN3/c1-5-7-17-15(11-21(4)20-17)14-10-13(8-9-16(14)18)12(3)19-6-2/h8-12,19H,5-7H2,1-4H3. The molecule has 0 saturated heterocycles. The van der Waals surface area contributed by atoms with Crippen LogP contribution in [-0.4, -0.2) is 16.3 Å². The summed E-state index contributed by atoms with van der Waals surface area (Å²) >= 11 is 0. The third-order valence-corrected chi connectivity index (χ3v) is 3.68. The Bertz CT molecular complexity index is 604. The SMILES string of the molecule is CCCc1nn(C)cc1-c1cc(C(C)NCC)ccc1F. The maximum atomic E-state index is 14.3. The summed E-state index contributed by atoms with van der Waals surface area (Å²) in [5.41, 5.74) is 3.61. The van der Waals surface area contributed by atoms with Crippen molar-refractivity contribution >= 4 is 0 Å². The molecule has 0 radical (unpaired) electrons. The molecule has 2 aromatic rings. The lowest BCUT2D eigenvalue weighted by molar-refractivity contribution is 0.592. The lowest BCUT2D eigenvalue weighted by atomic mass is 9.98. The molecule has 1 unspecified atom stereocenters. The van der Waals surface area contributed by atoms with Crippen molar-refractivity contribution in [3.05, 3.63) is 41.5 Å². The fourth-order valence-corrected chi connectivity index (χ4v) is 2.62. The van der Waals surface area contributed by atoms with Crippen LogP contribution in [0.25, 0.3) is 11.1 Å². The number of rotatable bonds is 6. The predicted octanol–water partition coefficient (Wildman–Crippen LogP) is 3.85. The molecule has 21 heavy (non-hydrogen) atoms. The van der Waals surface area contributed by atoms with E-state index in [0.29, 0.717) is 5.56 Å². The molecule has 0 saturated carbocycles. The van der Waals surface area contributed by atoms with Gasteiger partial charge in [0.15, 0.2) is 0 Å². The van der Waals surface area contributed by atoms with E-state index >= 15 is 0 Å². The fraction of sp³-hybridized carbons (Fsp3) is 0.471. The normalized spacial score (nSPS) is 12.6. The van der Waals surface area contributed by atoms with E-state index < -0.39 is 0 Å². The molecule has 1 atom stereocenters. The molecule has 114 valence electrons. The zero-order valence-electron chi connectivity index (χ0n) is 13.3. The average Bonchev–Trinajstić information content (AvgIpc) is 2.81. The minimum Gasteiger partial charge on any atom is -0.310 e. The van der Waals surface area contributed by atoms with Gasteiger partial charge in [-0.1, -0.05) is 26.3 Å². The lowest BCUT2D eigenvalue weighted by Gasteiger charge is -2.14. The third-order valence-electron chi connectivity index (χ3n) is 3.68. The molecule has 0 spiro atoms. The van der Waals surface area contributed by atoms with Gasteiger partial charge in [-0.05, 0) is 37.6 Å². The van der Waals surface area contributed by atoms with E-state index in [0.717, 1.165) is 36.2 Å². The minimum absolute atomic E-state index is 0.187. The van der Waals surface area contributed by atoms with Gasteiger partial charge in [-0.3, -0.25) is 4.68 Å². The minimum atomic E-state index is -0.187. The van der Waals surface area contributed by atoms with Gasteiger partial charge in [-0.2, -0.15) is 5.10 Å². The first-order valence-electron chi connectivity index (χ1n) is 7.62. The predicted molar refractivity (Wildman–Crippen MR) is 84.7 cm³/mol. The van der Waals surface area contributed by atoms with E-state index in [9.17, 15) is 4.39 Å². The highest BCUT2D eigenvalue weighted by Gasteiger charge is 2.15. The molecule has 1 N–H and O–H groups in total. The Morgan fingerprint density at radius 3 is 2.71 bits per heavy atom. The van der Waals surface area contributed by atoms with E-state index in [1.165, 1.54) is 0 Å². The molecular formula is C17H24FN3. The average molecular weight is 289 g/mol. The molecule has 0 aliphatic rings. The summed E-state index contributed by atoms with van der Waals surface area (Å²) < 4.78 is 16.0.